The molecule has 0 N–H and O–H groups in total. The number of carbonyl (C=O) groups is 1. The minimum Gasteiger partial charge on any atom is -0.339 e. The van der Waals surface area contributed by atoms with Gasteiger partial charge >= 0.3 is 0 Å². The summed E-state index contributed by atoms with van der Waals surface area (Å²) in [6, 6.07) is 16.2. The largest absolute Gasteiger partial charge is 0.339 e. The SMILES string of the molecule is CN1CCN(C(=O)CSc2nnc(-c3ccc([N+](=O)[O-])cc3)n2Cc2ccccc2)CC1. The molecule has 1 fully saturated rings. The van der Waals surface area contributed by atoms with E-state index in [1.807, 2.05) is 39.8 Å². The number of likely N-dealkylation sites (N-methyl/N-ethyl adjacent to an activating group) is 1. The monoisotopic (exact) mass is 452 g/mol. The number of nitrogens with zero attached hydrogens (tertiary/aromatic N) is 6. The van der Waals surface area contributed by atoms with Crippen LogP contribution in [0.15, 0.2) is 59.8 Å². The zero-order valence-electron chi connectivity index (χ0n) is 17.8. The lowest BCUT2D eigenvalue weighted by Gasteiger charge is -2.32. The van der Waals surface area contributed by atoms with Crippen LogP contribution in [0.1, 0.15) is 5.56 Å². The molecule has 1 aliphatic rings. The number of benzene rings is 2. The number of rotatable bonds is 7. The van der Waals surface area contributed by atoms with E-state index in [4.69, 9.17) is 0 Å². The second-order valence-corrected chi connectivity index (χ2v) is 8.60. The Bertz CT molecular complexity index is 1080. The van der Waals surface area contributed by atoms with E-state index >= 15 is 0 Å². The summed E-state index contributed by atoms with van der Waals surface area (Å²) in [7, 11) is 2.06. The summed E-state index contributed by atoms with van der Waals surface area (Å²) in [6.07, 6.45) is 0. The first-order valence-electron chi connectivity index (χ1n) is 10.3. The summed E-state index contributed by atoms with van der Waals surface area (Å²) >= 11 is 1.37. The lowest BCUT2D eigenvalue weighted by Crippen LogP contribution is -2.47. The van der Waals surface area contributed by atoms with Crippen molar-refractivity contribution in [2.45, 2.75) is 11.7 Å². The third kappa shape index (κ3) is 5.14. The molecule has 9 nitrogen and oxygen atoms in total. The smallest absolute Gasteiger partial charge is 0.269 e. The van der Waals surface area contributed by atoms with Crippen LogP contribution in [-0.4, -0.2) is 74.4 Å². The van der Waals surface area contributed by atoms with Crippen molar-refractivity contribution in [3.8, 4) is 11.4 Å². The van der Waals surface area contributed by atoms with Crippen molar-refractivity contribution in [2.75, 3.05) is 39.0 Å². The van der Waals surface area contributed by atoms with E-state index in [1.165, 1.54) is 23.9 Å². The first-order chi connectivity index (χ1) is 15.5. The van der Waals surface area contributed by atoms with Crippen LogP contribution >= 0.6 is 11.8 Å². The average molecular weight is 453 g/mol. The number of hydrogen-bond acceptors (Lipinski definition) is 7. The van der Waals surface area contributed by atoms with Crippen LogP contribution < -0.4 is 0 Å². The van der Waals surface area contributed by atoms with E-state index in [1.54, 1.807) is 12.1 Å². The number of piperazine rings is 1. The Balaban J connectivity index is 1.56. The van der Waals surface area contributed by atoms with Gasteiger partial charge in [-0.1, -0.05) is 42.1 Å². The number of nitro groups is 1. The van der Waals surface area contributed by atoms with Gasteiger partial charge in [-0.05, 0) is 24.7 Å². The first kappa shape index (κ1) is 22.0. The van der Waals surface area contributed by atoms with Gasteiger partial charge in [0.2, 0.25) is 5.91 Å². The topological polar surface area (TPSA) is 97.4 Å². The van der Waals surface area contributed by atoms with Crippen LogP contribution in [0.5, 0.6) is 0 Å². The average Bonchev–Trinajstić information content (AvgIpc) is 3.21. The van der Waals surface area contributed by atoms with Gasteiger partial charge in [0.1, 0.15) is 0 Å². The molecule has 4 rings (SSSR count). The molecule has 2 heterocycles. The maximum atomic E-state index is 12.7. The number of aromatic nitrogens is 3. The van der Waals surface area contributed by atoms with Crippen LogP contribution in [0.3, 0.4) is 0 Å². The predicted molar refractivity (Wildman–Crippen MR) is 122 cm³/mol. The zero-order chi connectivity index (χ0) is 22.5. The third-order valence-electron chi connectivity index (χ3n) is 5.42. The molecule has 0 bridgehead atoms. The minimum atomic E-state index is -0.427. The Hall–Kier alpha value is -3.24. The van der Waals surface area contributed by atoms with E-state index in [0.29, 0.717) is 17.5 Å². The van der Waals surface area contributed by atoms with E-state index in [2.05, 4.69) is 22.1 Å². The summed E-state index contributed by atoms with van der Waals surface area (Å²) in [4.78, 5) is 27.4. The van der Waals surface area contributed by atoms with Crippen molar-refractivity contribution in [3.05, 3.63) is 70.3 Å². The molecular formula is C22H24N6O3S. The molecule has 0 atom stereocenters. The van der Waals surface area contributed by atoms with E-state index < -0.39 is 4.92 Å². The van der Waals surface area contributed by atoms with Crippen LogP contribution in [0.4, 0.5) is 5.69 Å². The Kier molecular flexibility index (Phi) is 6.81. The molecule has 1 saturated heterocycles. The fourth-order valence-electron chi connectivity index (χ4n) is 3.52. The van der Waals surface area contributed by atoms with Crippen molar-refractivity contribution in [3.63, 3.8) is 0 Å². The van der Waals surface area contributed by atoms with Gasteiger partial charge in [0, 0.05) is 43.9 Å². The van der Waals surface area contributed by atoms with Crippen LogP contribution in [0, 0.1) is 10.1 Å². The summed E-state index contributed by atoms with van der Waals surface area (Å²) in [5.74, 6) is 0.990. The van der Waals surface area contributed by atoms with E-state index in [0.717, 1.165) is 37.3 Å². The number of hydrogen-bond donors (Lipinski definition) is 0. The van der Waals surface area contributed by atoms with E-state index in [-0.39, 0.29) is 17.3 Å². The minimum absolute atomic E-state index is 0.0234. The summed E-state index contributed by atoms with van der Waals surface area (Å²) in [5, 5.41) is 20.3. The standard InChI is InChI=1S/C22H24N6O3S/c1-25-11-13-26(14-12-25)20(29)16-32-22-24-23-21(18-7-9-19(10-8-18)28(30)31)27(22)15-17-5-3-2-4-6-17/h2-10H,11-16H2,1H3. The molecule has 166 valence electrons. The molecule has 3 aromatic rings. The number of nitro benzene ring substituents is 1. The maximum Gasteiger partial charge on any atom is 0.269 e. The third-order valence-corrected chi connectivity index (χ3v) is 6.37. The molecule has 0 radical (unpaired) electrons. The molecule has 1 aromatic heterocycles. The normalized spacial score (nSPS) is 14.5. The van der Waals surface area contributed by atoms with Gasteiger partial charge < -0.3 is 9.80 Å². The second-order valence-electron chi connectivity index (χ2n) is 7.65. The molecule has 0 aliphatic carbocycles. The van der Waals surface area contributed by atoms with Gasteiger partial charge in [0.25, 0.3) is 5.69 Å². The van der Waals surface area contributed by atoms with Gasteiger partial charge in [-0.2, -0.15) is 0 Å². The first-order valence-corrected chi connectivity index (χ1v) is 11.3. The highest BCUT2D eigenvalue weighted by Gasteiger charge is 2.21. The van der Waals surface area contributed by atoms with Crippen molar-refractivity contribution in [1.29, 1.82) is 0 Å². The van der Waals surface area contributed by atoms with Crippen molar-refractivity contribution in [1.82, 2.24) is 24.6 Å². The molecule has 0 spiro atoms. The van der Waals surface area contributed by atoms with Gasteiger partial charge in [0.15, 0.2) is 11.0 Å². The Morgan fingerprint density at radius 1 is 1.03 bits per heavy atom. The van der Waals surface area contributed by atoms with Crippen molar-refractivity contribution >= 4 is 23.4 Å². The van der Waals surface area contributed by atoms with Gasteiger partial charge in [0.05, 0.1) is 17.2 Å². The van der Waals surface area contributed by atoms with Crippen molar-refractivity contribution < 1.29 is 9.72 Å². The summed E-state index contributed by atoms with van der Waals surface area (Å²) in [5.41, 5.74) is 1.83. The summed E-state index contributed by atoms with van der Waals surface area (Å²) in [6.45, 7) is 3.77. The van der Waals surface area contributed by atoms with Crippen molar-refractivity contribution in [2.24, 2.45) is 0 Å². The molecule has 1 amide bonds. The lowest BCUT2D eigenvalue weighted by molar-refractivity contribution is -0.384. The Labute approximate surface area is 190 Å². The van der Waals surface area contributed by atoms with Gasteiger partial charge in [-0.15, -0.1) is 10.2 Å². The molecule has 1 aliphatic heterocycles. The zero-order valence-corrected chi connectivity index (χ0v) is 18.6. The molecular weight excluding hydrogens is 428 g/mol. The maximum absolute atomic E-state index is 12.7. The number of thioether (sulfide) groups is 1. The summed E-state index contributed by atoms with van der Waals surface area (Å²) < 4.78 is 1.96. The highest BCUT2D eigenvalue weighted by Crippen LogP contribution is 2.27. The quantitative estimate of drug-likeness (QED) is 0.309. The second kappa shape index (κ2) is 9.92. The van der Waals surface area contributed by atoms with Gasteiger partial charge in [-0.25, -0.2) is 0 Å². The molecule has 0 unspecified atom stereocenters. The fraction of sp³-hybridized carbons (Fsp3) is 0.318. The predicted octanol–water partition coefficient (Wildman–Crippen LogP) is 2.77. The fourth-order valence-corrected chi connectivity index (χ4v) is 4.36. The number of carbonyl (C=O) groups excluding carboxylic acids is 1. The highest BCUT2D eigenvalue weighted by atomic mass is 32.2. The van der Waals surface area contributed by atoms with Crippen LogP contribution in [0.25, 0.3) is 11.4 Å². The molecule has 0 saturated carbocycles. The lowest BCUT2D eigenvalue weighted by atomic mass is 10.2. The Morgan fingerprint density at radius 2 is 1.72 bits per heavy atom. The van der Waals surface area contributed by atoms with E-state index in [9.17, 15) is 14.9 Å². The number of amides is 1. The molecule has 2 aromatic carbocycles. The van der Waals surface area contributed by atoms with Gasteiger partial charge in [-0.3, -0.25) is 19.5 Å². The molecule has 32 heavy (non-hydrogen) atoms. The highest BCUT2D eigenvalue weighted by molar-refractivity contribution is 7.99. The Morgan fingerprint density at radius 3 is 2.38 bits per heavy atom. The van der Waals surface area contributed by atoms with Crippen LogP contribution in [0.2, 0.25) is 0 Å². The van der Waals surface area contributed by atoms with Crippen LogP contribution in [-0.2, 0) is 11.3 Å². The number of non-ortho nitro benzene ring substituents is 1. The molecule has 10 heteroatoms.